The Labute approximate surface area is 107 Å². The lowest BCUT2D eigenvalue weighted by molar-refractivity contribution is 0.985. The number of aryl methyl sites for hydroxylation is 1. The van der Waals surface area contributed by atoms with Crippen molar-refractivity contribution in [3.63, 3.8) is 0 Å². The molecule has 0 unspecified atom stereocenters. The molecule has 0 spiro atoms. The van der Waals surface area contributed by atoms with Crippen molar-refractivity contribution in [2.75, 3.05) is 11.1 Å². The van der Waals surface area contributed by atoms with E-state index in [4.69, 9.17) is 5.73 Å². The molecule has 0 amide bonds. The third-order valence-electron chi connectivity index (χ3n) is 3.03. The molecule has 0 bridgehead atoms. The van der Waals surface area contributed by atoms with Gasteiger partial charge in [-0.25, -0.2) is 9.97 Å². The summed E-state index contributed by atoms with van der Waals surface area (Å²) in [5.41, 5.74) is 10.1. The monoisotopic (exact) mass is 242 g/mol. The average Bonchev–Trinajstić information content (AvgIpc) is 2.41. The standard InChI is InChI=1S/C14H18N4/c1-3-12-7-14(18-9-17-12)16-8-11-5-4-6-13(15)10(11)2/h4-7,9H,3,8,15H2,1-2H3,(H,16,17,18). The molecule has 0 saturated heterocycles. The van der Waals surface area contributed by atoms with E-state index in [-0.39, 0.29) is 0 Å². The highest BCUT2D eigenvalue weighted by Crippen LogP contribution is 2.16. The van der Waals surface area contributed by atoms with E-state index in [1.807, 2.05) is 25.1 Å². The summed E-state index contributed by atoms with van der Waals surface area (Å²) in [4.78, 5) is 8.37. The molecule has 4 heteroatoms. The number of nitrogens with one attached hydrogen (secondary N) is 1. The topological polar surface area (TPSA) is 63.8 Å². The lowest BCUT2D eigenvalue weighted by Gasteiger charge is -2.10. The maximum Gasteiger partial charge on any atom is 0.129 e. The van der Waals surface area contributed by atoms with Crippen LogP contribution in [0.1, 0.15) is 23.7 Å². The Balaban J connectivity index is 2.09. The van der Waals surface area contributed by atoms with Gasteiger partial charge in [0.15, 0.2) is 0 Å². The summed E-state index contributed by atoms with van der Waals surface area (Å²) in [7, 11) is 0. The van der Waals surface area contributed by atoms with Crippen LogP contribution in [0.25, 0.3) is 0 Å². The maximum atomic E-state index is 5.88. The number of anilines is 2. The van der Waals surface area contributed by atoms with Gasteiger partial charge in [0.2, 0.25) is 0 Å². The third kappa shape index (κ3) is 2.77. The second kappa shape index (κ2) is 5.49. The molecule has 1 aromatic carbocycles. The highest BCUT2D eigenvalue weighted by atomic mass is 15.0. The summed E-state index contributed by atoms with van der Waals surface area (Å²) in [6.45, 7) is 4.83. The first-order valence-corrected chi connectivity index (χ1v) is 6.09. The van der Waals surface area contributed by atoms with E-state index < -0.39 is 0 Å². The molecule has 2 aromatic rings. The fourth-order valence-corrected chi connectivity index (χ4v) is 1.77. The van der Waals surface area contributed by atoms with Gasteiger partial charge in [0.25, 0.3) is 0 Å². The summed E-state index contributed by atoms with van der Waals surface area (Å²) >= 11 is 0. The molecule has 3 N–H and O–H groups in total. The lowest BCUT2D eigenvalue weighted by atomic mass is 10.1. The molecule has 0 aliphatic rings. The predicted molar refractivity (Wildman–Crippen MR) is 74.3 cm³/mol. The number of nitrogen functional groups attached to an aromatic ring is 1. The SMILES string of the molecule is CCc1cc(NCc2cccc(N)c2C)ncn1. The van der Waals surface area contributed by atoms with Crippen LogP contribution in [-0.2, 0) is 13.0 Å². The number of rotatable bonds is 4. The van der Waals surface area contributed by atoms with Crippen LogP contribution in [0.4, 0.5) is 11.5 Å². The molecule has 4 nitrogen and oxygen atoms in total. The molecule has 0 atom stereocenters. The first-order chi connectivity index (χ1) is 8.70. The summed E-state index contributed by atoms with van der Waals surface area (Å²) in [6, 6.07) is 7.93. The van der Waals surface area contributed by atoms with Gasteiger partial charge in [-0.15, -0.1) is 0 Å². The number of hydrogen-bond acceptors (Lipinski definition) is 4. The highest BCUT2D eigenvalue weighted by Gasteiger charge is 2.02. The Morgan fingerprint density at radius 2 is 2.11 bits per heavy atom. The van der Waals surface area contributed by atoms with E-state index >= 15 is 0 Å². The summed E-state index contributed by atoms with van der Waals surface area (Å²) < 4.78 is 0. The average molecular weight is 242 g/mol. The van der Waals surface area contributed by atoms with Crippen molar-refractivity contribution in [3.05, 3.63) is 47.4 Å². The molecule has 18 heavy (non-hydrogen) atoms. The van der Waals surface area contributed by atoms with E-state index in [9.17, 15) is 0 Å². The Morgan fingerprint density at radius 3 is 2.89 bits per heavy atom. The van der Waals surface area contributed by atoms with E-state index in [1.165, 1.54) is 5.56 Å². The molecule has 0 saturated carbocycles. The molecule has 0 fully saturated rings. The van der Waals surface area contributed by atoms with E-state index in [2.05, 4.69) is 28.3 Å². The molecule has 0 radical (unpaired) electrons. The van der Waals surface area contributed by atoms with Crippen LogP contribution in [0.15, 0.2) is 30.6 Å². The van der Waals surface area contributed by atoms with Crippen molar-refractivity contribution in [2.24, 2.45) is 0 Å². The van der Waals surface area contributed by atoms with Crippen LogP contribution in [0, 0.1) is 6.92 Å². The number of nitrogens with two attached hydrogens (primary N) is 1. The normalized spacial score (nSPS) is 10.3. The van der Waals surface area contributed by atoms with Gasteiger partial charge in [0.1, 0.15) is 12.1 Å². The number of benzene rings is 1. The first kappa shape index (κ1) is 12.4. The number of hydrogen-bond donors (Lipinski definition) is 2. The smallest absolute Gasteiger partial charge is 0.129 e. The Morgan fingerprint density at radius 1 is 1.28 bits per heavy atom. The van der Waals surface area contributed by atoms with Crippen molar-refractivity contribution >= 4 is 11.5 Å². The van der Waals surface area contributed by atoms with Gasteiger partial charge in [-0.1, -0.05) is 19.1 Å². The summed E-state index contributed by atoms with van der Waals surface area (Å²) in [5.74, 6) is 0.851. The summed E-state index contributed by atoms with van der Waals surface area (Å²) in [6.07, 6.45) is 2.50. The van der Waals surface area contributed by atoms with Crippen LogP contribution in [0.2, 0.25) is 0 Å². The molecule has 0 aliphatic heterocycles. The van der Waals surface area contributed by atoms with Crippen molar-refractivity contribution in [1.29, 1.82) is 0 Å². The van der Waals surface area contributed by atoms with Crippen LogP contribution >= 0.6 is 0 Å². The van der Waals surface area contributed by atoms with Gasteiger partial charge < -0.3 is 11.1 Å². The molecule has 1 heterocycles. The van der Waals surface area contributed by atoms with Crippen molar-refractivity contribution in [3.8, 4) is 0 Å². The quantitative estimate of drug-likeness (QED) is 0.809. The Kier molecular flexibility index (Phi) is 3.77. The minimum atomic E-state index is 0.719. The Bertz CT molecular complexity index is 537. The van der Waals surface area contributed by atoms with Crippen molar-refractivity contribution < 1.29 is 0 Å². The lowest BCUT2D eigenvalue weighted by Crippen LogP contribution is -2.05. The van der Waals surface area contributed by atoms with Crippen LogP contribution < -0.4 is 11.1 Å². The van der Waals surface area contributed by atoms with Gasteiger partial charge >= 0.3 is 0 Å². The fourth-order valence-electron chi connectivity index (χ4n) is 1.77. The van der Waals surface area contributed by atoms with Crippen LogP contribution in [-0.4, -0.2) is 9.97 Å². The third-order valence-corrected chi connectivity index (χ3v) is 3.03. The first-order valence-electron chi connectivity index (χ1n) is 6.09. The number of nitrogens with zero attached hydrogens (tertiary/aromatic N) is 2. The second-order valence-corrected chi connectivity index (χ2v) is 4.23. The van der Waals surface area contributed by atoms with E-state index in [0.717, 1.165) is 35.7 Å². The minimum Gasteiger partial charge on any atom is -0.399 e. The molecule has 94 valence electrons. The zero-order valence-corrected chi connectivity index (χ0v) is 10.8. The van der Waals surface area contributed by atoms with E-state index in [1.54, 1.807) is 6.33 Å². The minimum absolute atomic E-state index is 0.719. The zero-order valence-electron chi connectivity index (χ0n) is 10.8. The molecular formula is C14H18N4. The van der Waals surface area contributed by atoms with Gasteiger partial charge in [-0.3, -0.25) is 0 Å². The fraction of sp³-hybridized carbons (Fsp3) is 0.286. The zero-order chi connectivity index (χ0) is 13.0. The second-order valence-electron chi connectivity index (χ2n) is 4.23. The van der Waals surface area contributed by atoms with Gasteiger partial charge in [0.05, 0.1) is 0 Å². The van der Waals surface area contributed by atoms with Crippen molar-refractivity contribution in [1.82, 2.24) is 9.97 Å². The van der Waals surface area contributed by atoms with Gasteiger partial charge in [-0.05, 0) is 30.5 Å². The number of aromatic nitrogens is 2. The maximum absolute atomic E-state index is 5.88. The summed E-state index contributed by atoms with van der Waals surface area (Å²) in [5, 5.41) is 3.30. The molecular weight excluding hydrogens is 224 g/mol. The highest BCUT2D eigenvalue weighted by molar-refractivity contribution is 5.51. The van der Waals surface area contributed by atoms with Gasteiger partial charge in [0, 0.05) is 24.0 Å². The molecule has 0 aliphatic carbocycles. The largest absolute Gasteiger partial charge is 0.399 e. The van der Waals surface area contributed by atoms with Crippen LogP contribution in [0.3, 0.4) is 0 Å². The molecule has 2 rings (SSSR count). The Hall–Kier alpha value is -2.10. The predicted octanol–water partition coefficient (Wildman–Crippen LogP) is 2.54. The van der Waals surface area contributed by atoms with E-state index in [0.29, 0.717) is 0 Å². The van der Waals surface area contributed by atoms with Gasteiger partial charge in [-0.2, -0.15) is 0 Å². The molecule has 1 aromatic heterocycles. The van der Waals surface area contributed by atoms with Crippen LogP contribution in [0.5, 0.6) is 0 Å². The van der Waals surface area contributed by atoms with Crippen molar-refractivity contribution in [2.45, 2.75) is 26.8 Å².